The van der Waals surface area contributed by atoms with Gasteiger partial charge >= 0.3 is 6.03 Å². The van der Waals surface area contributed by atoms with Crippen molar-refractivity contribution in [2.45, 2.75) is 6.54 Å². The molecule has 0 unspecified atom stereocenters. The molecule has 1 N–H and O–H groups in total. The number of nitrogens with one attached hydrogen (secondary N) is 1. The lowest BCUT2D eigenvalue weighted by atomic mass is 10.1. The van der Waals surface area contributed by atoms with Gasteiger partial charge in [0.2, 0.25) is 0 Å². The van der Waals surface area contributed by atoms with E-state index >= 15 is 0 Å². The van der Waals surface area contributed by atoms with Crippen LogP contribution < -0.4 is 10.1 Å². The Hall–Kier alpha value is -3.79. The van der Waals surface area contributed by atoms with Crippen LogP contribution in [0, 0.1) is 11.3 Å². The fourth-order valence-electron chi connectivity index (χ4n) is 3.00. The fourth-order valence-corrected chi connectivity index (χ4v) is 3.00. The van der Waals surface area contributed by atoms with Crippen molar-refractivity contribution in [1.82, 2.24) is 14.5 Å². The highest BCUT2D eigenvalue weighted by molar-refractivity contribution is 5.89. The van der Waals surface area contributed by atoms with Gasteiger partial charge in [-0.2, -0.15) is 5.26 Å². The van der Waals surface area contributed by atoms with Gasteiger partial charge in [0.25, 0.3) is 0 Å². The Bertz CT molecular complexity index is 1010. The van der Waals surface area contributed by atoms with Crippen molar-refractivity contribution in [1.29, 1.82) is 5.26 Å². The number of hydrogen-bond donors (Lipinski definition) is 1. The molecule has 0 saturated heterocycles. The van der Waals surface area contributed by atoms with Crippen LogP contribution in [0.25, 0.3) is 5.69 Å². The van der Waals surface area contributed by atoms with Crippen LogP contribution in [0.4, 0.5) is 10.5 Å². The molecule has 4 rings (SSSR count). The summed E-state index contributed by atoms with van der Waals surface area (Å²) in [7, 11) is 0. The van der Waals surface area contributed by atoms with Gasteiger partial charge in [-0.05, 0) is 36.4 Å². The highest BCUT2D eigenvalue weighted by Crippen LogP contribution is 2.26. The molecule has 0 saturated carbocycles. The first-order chi connectivity index (χ1) is 13.2. The standard InChI is InChI=1S/C20H17N5O2/c21-12-15-2-1-3-17(10-15)23-20(26)24-8-9-27-19-5-4-18(11-16(19)13-24)25-7-6-22-14-25/h1-7,10-11,14H,8-9,13H2,(H,23,26). The molecule has 3 aromatic rings. The van der Waals surface area contributed by atoms with Crippen LogP contribution in [0.5, 0.6) is 5.75 Å². The number of anilines is 1. The largest absolute Gasteiger partial charge is 0.491 e. The number of ether oxygens (including phenoxy) is 1. The number of carbonyl (C=O) groups excluding carboxylic acids is 1. The molecule has 2 amide bonds. The van der Waals surface area contributed by atoms with Gasteiger partial charge in [0.05, 0.1) is 31.0 Å². The Balaban J connectivity index is 1.54. The van der Waals surface area contributed by atoms with Crippen molar-refractivity contribution in [3.63, 3.8) is 0 Å². The third kappa shape index (κ3) is 3.60. The maximum absolute atomic E-state index is 12.7. The van der Waals surface area contributed by atoms with E-state index in [1.54, 1.807) is 41.7 Å². The quantitative estimate of drug-likeness (QED) is 0.762. The molecule has 1 aliphatic rings. The number of imidazole rings is 1. The summed E-state index contributed by atoms with van der Waals surface area (Å²) in [6.45, 7) is 1.32. The summed E-state index contributed by atoms with van der Waals surface area (Å²) in [4.78, 5) is 18.5. The minimum atomic E-state index is -0.227. The number of amides is 2. The summed E-state index contributed by atoms with van der Waals surface area (Å²) in [6, 6.07) is 14.6. The zero-order valence-electron chi connectivity index (χ0n) is 14.5. The highest BCUT2D eigenvalue weighted by Gasteiger charge is 2.20. The summed E-state index contributed by atoms with van der Waals surface area (Å²) in [6.07, 6.45) is 5.31. The number of carbonyl (C=O) groups is 1. The SMILES string of the molecule is N#Cc1cccc(NC(=O)N2CCOc3ccc(-n4ccnc4)cc3C2)c1. The molecule has 0 fully saturated rings. The van der Waals surface area contributed by atoms with E-state index < -0.39 is 0 Å². The van der Waals surface area contributed by atoms with Gasteiger partial charge < -0.3 is 19.5 Å². The molecule has 27 heavy (non-hydrogen) atoms. The molecule has 134 valence electrons. The van der Waals surface area contributed by atoms with Crippen molar-refractivity contribution in [2.24, 2.45) is 0 Å². The summed E-state index contributed by atoms with van der Waals surface area (Å²) in [5.74, 6) is 0.778. The van der Waals surface area contributed by atoms with E-state index in [-0.39, 0.29) is 6.03 Å². The van der Waals surface area contributed by atoms with Gasteiger partial charge in [-0.3, -0.25) is 0 Å². The molecule has 1 aliphatic heterocycles. The Kier molecular flexibility index (Phi) is 4.45. The second kappa shape index (κ2) is 7.22. The van der Waals surface area contributed by atoms with Crippen LogP contribution in [0.2, 0.25) is 0 Å². The van der Waals surface area contributed by atoms with Gasteiger partial charge in [-0.15, -0.1) is 0 Å². The lowest BCUT2D eigenvalue weighted by Crippen LogP contribution is -2.36. The predicted octanol–water partition coefficient (Wildman–Crippen LogP) is 3.17. The molecule has 0 atom stereocenters. The molecule has 0 aliphatic carbocycles. The average Bonchev–Trinajstić information content (AvgIpc) is 3.14. The second-order valence-corrected chi connectivity index (χ2v) is 6.15. The zero-order chi connectivity index (χ0) is 18.6. The molecule has 2 aromatic carbocycles. The summed E-state index contributed by atoms with van der Waals surface area (Å²) in [5.41, 5.74) is 2.98. The van der Waals surface area contributed by atoms with E-state index in [9.17, 15) is 4.79 Å². The number of fused-ring (bicyclic) bond motifs is 1. The first-order valence-corrected chi connectivity index (χ1v) is 8.53. The minimum absolute atomic E-state index is 0.227. The van der Waals surface area contributed by atoms with Gasteiger partial charge in [0, 0.05) is 29.3 Å². The van der Waals surface area contributed by atoms with Gasteiger partial charge in [0.1, 0.15) is 12.4 Å². The Labute approximate surface area is 156 Å². The molecule has 2 heterocycles. The first-order valence-electron chi connectivity index (χ1n) is 8.53. The average molecular weight is 359 g/mol. The number of nitriles is 1. The van der Waals surface area contributed by atoms with Crippen molar-refractivity contribution < 1.29 is 9.53 Å². The van der Waals surface area contributed by atoms with Crippen LogP contribution >= 0.6 is 0 Å². The Morgan fingerprint density at radius 3 is 3.00 bits per heavy atom. The molecule has 0 radical (unpaired) electrons. The molecule has 1 aromatic heterocycles. The summed E-state index contributed by atoms with van der Waals surface area (Å²) < 4.78 is 7.70. The number of urea groups is 1. The molecule has 0 spiro atoms. The second-order valence-electron chi connectivity index (χ2n) is 6.15. The fraction of sp³-hybridized carbons (Fsp3) is 0.150. The molecule has 7 heteroatoms. The first kappa shape index (κ1) is 16.7. The summed E-state index contributed by atoms with van der Waals surface area (Å²) in [5, 5.41) is 11.9. The maximum atomic E-state index is 12.7. The Morgan fingerprint density at radius 2 is 2.19 bits per heavy atom. The van der Waals surface area contributed by atoms with Crippen molar-refractivity contribution >= 4 is 11.7 Å². The van der Waals surface area contributed by atoms with Crippen molar-refractivity contribution in [3.05, 3.63) is 72.3 Å². The van der Waals surface area contributed by atoms with Crippen molar-refractivity contribution in [2.75, 3.05) is 18.5 Å². The van der Waals surface area contributed by atoms with Crippen molar-refractivity contribution in [3.8, 4) is 17.5 Å². The Morgan fingerprint density at radius 1 is 1.26 bits per heavy atom. The van der Waals surface area contributed by atoms with E-state index in [0.717, 1.165) is 17.0 Å². The predicted molar refractivity (Wildman–Crippen MR) is 99.6 cm³/mol. The molecule has 7 nitrogen and oxygen atoms in total. The van der Waals surface area contributed by atoms with E-state index in [4.69, 9.17) is 10.00 Å². The minimum Gasteiger partial charge on any atom is -0.491 e. The molecular weight excluding hydrogens is 342 g/mol. The monoisotopic (exact) mass is 359 g/mol. The molecular formula is C20H17N5O2. The van der Waals surface area contributed by atoms with Crippen LogP contribution in [0.3, 0.4) is 0 Å². The third-order valence-electron chi connectivity index (χ3n) is 4.36. The maximum Gasteiger partial charge on any atom is 0.322 e. The molecule has 0 bridgehead atoms. The van der Waals surface area contributed by atoms with E-state index in [2.05, 4.69) is 16.4 Å². The normalized spacial score (nSPS) is 13.1. The van der Waals surface area contributed by atoms with Crippen LogP contribution in [0.15, 0.2) is 61.2 Å². The third-order valence-corrected chi connectivity index (χ3v) is 4.36. The topological polar surface area (TPSA) is 83.2 Å². The smallest absolute Gasteiger partial charge is 0.322 e. The van der Waals surface area contributed by atoms with Gasteiger partial charge in [-0.1, -0.05) is 6.07 Å². The number of rotatable bonds is 2. The van der Waals surface area contributed by atoms with Crippen LogP contribution in [-0.2, 0) is 6.54 Å². The number of aromatic nitrogens is 2. The van der Waals surface area contributed by atoms with Crippen LogP contribution in [-0.4, -0.2) is 33.6 Å². The highest BCUT2D eigenvalue weighted by atomic mass is 16.5. The van der Waals surface area contributed by atoms with Gasteiger partial charge in [-0.25, -0.2) is 9.78 Å². The van der Waals surface area contributed by atoms with E-state index in [1.807, 2.05) is 29.0 Å². The zero-order valence-corrected chi connectivity index (χ0v) is 14.5. The lowest BCUT2D eigenvalue weighted by Gasteiger charge is -2.20. The summed E-state index contributed by atoms with van der Waals surface area (Å²) >= 11 is 0. The number of hydrogen-bond acceptors (Lipinski definition) is 4. The van der Waals surface area contributed by atoms with Crippen LogP contribution in [0.1, 0.15) is 11.1 Å². The lowest BCUT2D eigenvalue weighted by molar-refractivity contribution is 0.200. The van der Waals surface area contributed by atoms with Gasteiger partial charge in [0.15, 0.2) is 0 Å². The number of benzene rings is 2. The number of nitrogens with zero attached hydrogens (tertiary/aromatic N) is 4. The van der Waals surface area contributed by atoms with E-state index in [0.29, 0.717) is 30.9 Å². The van der Waals surface area contributed by atoms with E-state index in [1.165, 1.54) is 0 Å².